The van der Waals surface area contributed by atoms with Crippen molar-refractivity contribution in [2.24, 2.45) is 0 Å². The van der Waals surface area contributed by atoms with Gasteiger partial charge in [-0.2, -0.15) is 0 Å². The summed E-state index contributed by atoms with van der Waals surface area (Å²) >= 11 is 3.02. The number of imidazole rings is 1. The molecule has 0 unspecified atom stereocenters. The Labute approximate surface area is 140 Å². The number of nitrogens with zero attached hydrogens (tertiary/aromatic N) is 2. The lowest BCUT2D eigenvalue weighted by atomic mass is 10.2. The van der Waals surface area contributed by atoms with Crippen LogP contribution in [0.1, 0.15) is 16.1 Å². The van der Waals surface area contributed by atoms with Crippen molar-refractivity contribution < 1.29 is 4.79 Å². The number of carbonyl (C=O) groups excluding carboxylic acids is 1. The molecule has 3 heterocycles. The number of hydrogen-bond acceptors (Lipinski definition) is 5. The van der Waals surface area contributed by atoms with Crippen molar-refractivity contribution in [2.75, 3.05) is 5.32 Å². The van der Waals surface area contributed by atoms with Gasteiger partial charge in [-0.15, -0.1) is 22.7 Å². The van der Waals surface area contributed by atoms with Crippen LogP contribution in [0.15, 0.2) is 41.1 Å². The Morgan fingerprint density at radius 1 is 1.17 bits per heavy atom. The first-order chi connectivity index (χ1) is 11.2. The third kappa shape index (κ3) is 2.64. The number of amides is 1. The number of aromatic amines is 1. The molecule has 0 saturated heterocycles. The largest absolute Gasteiger partial charge is 0.337 e. The number of benzene rings is 1. The van der Waals surface area contributed by atoms with E-state index in [4.69, 9.17) is 0 Å². The summed E-state index contributed by atoms with van der Waals surface area (Å²) in [4.78, 5) is 25.7. The van der Waals surface area contributed by atoms with Crippen LogP contribution >= 0.6 is 22.7 Å². The predicted octanol–water partition coefficient (Wildman–Crippen LogP) is 4.31. The van der Waals surface area contributed by atoms with E-state index in [2.05, 4.69) is 20.3 Å². The maximum absolute atomic E-state index is 12.5. The summed E-state index contributed by atoms with van der Waals surface area (Å²) in [5.74, 6) is 0.578. The first-order valence-electron chi connectivity index (χ1n) is 6.97. The Hall–Kier alpha value is -2.51. The Bertz CT molecular complexity index is 985. The van der Waals surface area contributed by atoms with Gasteiger partial charge >= 0.3 is 0 Å². The van der Waals surface area contributed by atoms with E-state index in [0.717, 1.165) is 21.9 Å². The summed E-state index contributed by atoms with van der Waals surface area (Å²) in [6, 6.07) is 9.52. The molecule has 23 heavy (non-hydrogen) atoms. The molecule has 0 aliphatic rings. The van der Waals surface area contributed by atoms with Crippen LogP contribution in [0.2, 0.25) is 0 Å². The fourth-order valence-electron chi connectivity index (χ4n) is 2.32. The minimum Gasteiger partial charge on any atom is -0.337 e. The molecular formula is C16H12N4OS2. The Morgan fingerprint density at radius 3 is 2.83 bits per heavy atom. The Morgan fingerprint density at radius 2 is 2.09 bits per heavy atom. The standard InChI is InChI=1S/C16H12N4OS2/c1-9-8-23-16(17-9)20-15(21)10-4-2-5-11-13(10)19-14(18-11)12-6-3-7-22-12/h2-8H,1H3,(H,18,19)(H,17,20,21). The molecule has 114 valence electrons. The number of aromatic nitrogens is 3. The number of aryl methyl sites for hydroxylation is 1. The van der Waals surface area contributed by atoms with Crippen LogP contribution in [0.25, 0.3) is 21.7 Å². The van der Waals surface area contributed by atoms with Crippen molar-refractivity contribution in [3.8, 4) is 10.7 Å². The van der Waals surface area contributed by atoms with Gasteiger partial charge in [-0.25, -0.2) is 9.97 Å². The van der Waals surface area contributed by atoms with Crippen molar-refractivity contribution in [3.63, 3.8) is 0 Å². The number of rotatable bonds is 3. The van der Waals surface area contributed by atoms with E-state index in [9.17, 15) is 4.79 Å². The van der Waals surface area contributed by atoms with Crippen LogP contribution in [0.4, 0.5) is 5.13 Å². The molecule has 0 bridgehead atoms. The van der Waals surface area contributed by atoms with Gasteiger partial charge in [0, 0.05) is 5.38 Å². The average molecular weight is 340 g/mol. The number of fused-ring (bicyclic) bond motifs is 1. The third-order valence-corrected chi connectivity index (χ3v) is 5.10. The van der Waals surface area contributed by atoms with E-state index in [1.54, 1.807) is 17.4 Å². The normalized spacial score (nSPS) is 11.0. The zero-order valence-corrected chi connectivity index (χ0v) is 13.8. The number of para-hydroxylation sites is 1. The molecule has 4 aromatic rings. The second kappa shape index (κ2) is 5.60. The Balaban J connectivity index is 1.73. The molecule has 0 atom stereocenters. The highest BCUT2D eigenvalue weighted by Crippen LogP contribution is 2.26. The molecule has 4 rings (SSSR count). The third-order valence-electron chi connectivity index (χ3n) is 3.35. The topological polar surface area (TPSA) is 70.7 Å². The molecule has 0 spiro atoms. The smallest absolute Gasteiger partial charge is 0.259 e. The number of carbonyl (C=O) groups is 1. The van der Waals surface area contributed by atoms with Crippen LogP contribution in [0.3, 0.4) is 0 Å². The fourth-order valence-corrected chi connectivity index (χ4v) is 3.67. The lowest BCUT2D eigenvalue weighted by Crippen LogP contribution is -2.12. The molecule has 0 saturated carbocycles. The number of hydrogen-bond donors (Lipinski definition) is 2. The first kappa shape index (κ1) is 14.1. The van der Waals surface area contributed by atoms with Gasteiger partial charge < -0.3 is 4.98 Å². The summed E-state index contributed by atoms with van der Waals surface area (Å²) in [5.41, 5.74) is 2.94. The number of nitrogens with one attached hydrogen (secondary N) is 2. The minimum atomic E-state index is -0.200. The first-order valence-corrected chi connectivity index (χ1v) is 8.73. The van der Waals surface area contributed by atoms with E-state index in [1.165, 1.54) is 11.3 Å². The summed E-state index contributed by atoms with van der Waals surface area (Å²) in [6.07, 6.45) is 0. The number of H-pyrrole nitrogens is 1. The van der Waals surface area contributed by atoms with Crippen molar-refractivity contribution in [2.45, 2.75) is 6.92 Å². The number of thiophene rings is 1. The zero-order chi connectivity index (χ0) is 15.8. The van der Waals surface area contributed by atoms with Crippen molar-refractivity contribution >= 4 is 44.7 Å². The minimum absolute atomic E-state index is 0.200. The molecule has 5 nitrogen and oxygen atoms in total. The molecule has 0 radical (unpaired) electrons. The van der Waals surface area contributed by atoms with Gasteiger partial charge in [0.05, 0.1) is 21.7 Å². The van der Waals surface area contributed by atoms with Gasteiger partial charge in [0.2, 0.25) is 0 Å². The maximum Gasteiger partial charge on any atom is 0.259 e. The highest BCUT2D eigenvalue weighted by Gasteiger charge is 2.15. The number of anilines is 1. The van der Waals surface area contributed by atoms with Gasteiger partial charge in [0.15, 0.2) is 5.13 Å². The van der Waals surface area contributed by atoms with Crippen LogP contribution in [0, 0.1) is 6.92 Å². The van der Waals surface area contributed by atoms with Crippen LogP contribution < -0.4 is 5.32 Å². The molecular weight excluding hydrogens is 328 g/mol. The van der Waals surface area contributed by atoms with Crippen LogP contribution in [-0.2, 0) is 0 Å². The summed E-state index contributed by atoms with van der Waals surface area (Å²) in [7, 11) is 0. The van der Waals surface area contributed by atoms with Gasteiger partial charge in [-0.1, -0.05) is 12.1 Å². The molecule has 0 aliphatic heterocycles. The lowest BCUT2D eigenvalue weighted by Gasteiger charge is -2.02. The van der Waals surface area contributed by atoms with Crippen molar-refractivity contribution in [3.05, 3.63) is 52.3 Å². The number of thiazole rings is 1. The summed E-state index contributed by atoms with van der Waals surface area (Å²) in [5, 5.41) is 7.33. The quantitative estimate of drug-likeness (QED) is 0.584. The summed E-state index contributed by atoms with van der Waals surface area (Å²) in [6.45, 7) is 1.90. The van der Waals surface area contributed by atoms with E-state index in [1.807, 2.05) is 41.9 Å². The molecule has 1 aromatic carbocycles. The van der Waals surface area contributed by atoms with Crippen molar-refractivity contribution in [1.29, 1.82) is 0 Å². The van der Waals surface area contributed by atoms with E-state index in [0.29, 0.717) is 16.2 Å². The monoisotopic (exact) mass is 340 g/mol. The highest BCUT2D eigenvalue weighted by molar-refractivity contribution is 7.14. The highest BCUT2D eigenvalue weighted by atomic mass is 32.1. The second-order valence-electron chi connectivity index (χ2n) is 5.01. The molecule has 0 aliphatic carbocycles. The van der Waals surface area contributed by atoms with Crippen molar-refractivity contribution in [1.82, 2.24) is 15.0 Å². The molecule has 2 N–H and O–H groups in total. The van der Waals surface area contributed by atoms with Gasteiger partial charge in [-0.3, -0.25) is 10.1 Å². The van der Waals surface area contributed by atoms with E-state index in [-0.39, 0.29) is 5.91 Å². The molecule has 3 aromatic heterocycles. The summed E-state index contributed by atoms with van der Waals surface area (Å²) < 4.78 is 0. The van der Waals surface area contributed by atoms with Gasteiger partial charge in [0.25, 0.3) is 5.91 Å². The van der Waals surface area contributed by atoms with Crippen LogP contribution in [-0.4, -0.2) is 20.9 Å². The molecule has 7 heteroatoms. The average Bonchev–Trinajstić information content (AvgIpc) is 3.26. The fraction of sp³-hybridized carbons (Fsp3) is 0.0625. The van der Waals surface area contributed by atoms with E-state index < -0.39 is 0 Å². The lowest BCUT2D eigenvalue weighted by molar-refractivity contribution is 0.102. The molecule has 1 amide bonds. The Kier molecular flexibility index (Phi) is 3.44. The second-order valence-corrected chi connectivity index (χ2v) is 6.82. The molecule has 0 fully saturated rings. The van der Waals surface area contributed by atoms with E-state index >= 15 is 0 Å². The maximum atomic E-state index is 12.5. The van der Waals surface area contributed by atoms with Gasteiger partial charge in [0.1, 0.15) is 11.3 Å². The predicted molar refractivity (Wildman–Crippen MR) is 94.2 cm³/mol. The van der Waals surface area contributed by atoms with Gasteiger partial charge in [-0.05, 0) is 30.5 Å². The zero-order valence-electron chi connectivity index (χ0n) is 12.2. The SMILES string of the molecule is Cc1csc(NC(=O)c2cccc3[nH]c(-c4cccs4)nc23)n1. The van der Waals surface area contributed by atoms with Crippen LogP contribution in [0.5, 0.6) is 0 Å².